The van der Waals surface area contributed by atoms with E-state index in [0.717, 1.165) is 17.0 Å². The molecule has 0 radical (unpaired) electrons. The lowest BCUT2D eigenvalue weighted by Crippen LogP contribution is -2.30. The Bertz CT molecular complexity index is 1220. The summed E-state index contributed by atoms with van der Waals surface area (Å²) in [7, 11) is 0. The lowest BCUT2D eigenvalue weighted by Gasteiger charge is -2.35. The average molecular weight is 421 g/mol. The molecule has 2 heteroatoms. The highest BCUT2D eigenvalue weighted by molar-refractivity contribution is 5.92. The first-order valence-electron chi connectivity index (χ1n) is 12.3. The zero-order valence-electron chi connectivity index (χ0n) is 19.5. The van der Waals surface area contributed by atoms with Gasteiger partial charge >= 0.3 is 0 Å². The van der Waals surface area contributed by atoms with Gasteiger partial charge in [-0.05, 0) is 97.2 Å². The van der Waals surface area contributed by atoms with Gasteiger partial charge in [0.2, 0.25) is 0 Å². The highest BCUT2D eigenvalue weighted by atomic mass is 15.0. The van der Waals surface area contributed by atoms with Crippen molar-refractivity contribution in [1.29, 1.82) is 5.26 Å². The standard InChI is InChI=1S/C30H32N2/c1-19-14-25-24(15-20(19)18-31)26(16-30(17-27(25)30)21-8-5-4-6-9-21)22-10-7-11-28-23(22)12-13-29(2,3)32-28/h7,10-16,21,27,32H,4-6,8-9,17H2,1-3H3. The molecule has 0 spiro atoms. The molecule has 6 rings (SSSR count). The van der Waals surface area contributed by atoms with Gasteiger partial charge in [-0.1, -0.05) is 55.7 Å². The lowest BCUT2D eigenvalue weighted by molar-refractivity contribution is 0.263. The zero-order valence-corrected chi connectivity index (χ0v) is 19.5. The van der Waals surface area contributed by atoms with Crippen molar-refractivity contribution >= 4 is 17.3 Å². The molecule has 4 aliphatic rings. The van der Waals surface area contributed by atoms with Gasteiger partial charge in [-0.25, -0.2) is 0 Å². The molecular formula is C30H32N2. The number of hydrogen-bond acceptors (Lipinski definition) is 2. The fourth-order valence-electron chi connectivity index (χ4n) is 6.77. The number of nitrogens with zero attached hydrogens (tertiary/aromatic N) is 1. The Morgan fingerprint density at radius 1 is 1.06 bits per heavy atom. The molecule has 2 fully saturated rings. The number of benzene rings is 2. The zero-order chi connectivity index (χ0) is 22.1. The summed E-state index contributed by atoms with van der Waals surface area (Å²) in [4.78, 5) is 0. The van der Waals surface area contributed by atoms with Crippen LogP contribution in [0.25, 0.3) is 11.6 Å². The molecule has 0 amide bonds. The van der Waals surface area contributed by atoms with Crippen LogP contribution in [0.5, 0.6) is 0 Å². The van der Waals surface area contributed by atoms with Crippen LogP contribution < -0.4 is 5.32 Å². The normalized spacial score (nSPS) is 27.3. The summed E-state index contributed by atoms with van der Waals surface area (Å²) in [6, 6.07) is 13.6. The number of hydrogen-bond donors (Lipinski definition) is 1. The van der Waals surface area contributed by atoms with Crippen molar-refractivity contribution in [2.24, 2.45) is 11.3 Å². The number of rotatable bonds is 2. The molecule has 2 atom stereocenters. The van der Waals surface area contributed by atoms with E-state index in [1.54, 1.807) is 0 Å². The molecule has 2 aromatic rings. The van der Waals surface area contributed by atoms with E-state index in [1.807, 2.05) is 0 Å². The lowest BCUT2D eigenvalue weighted by atomic mass is 9.70. The number of aryl methyl sites for hydroxylation is 1. The summed E-state index contributed by atoms with van der Waals surface area (Å²) in [5.41, 5.74) is 10.1. The van der Waals surface area contributed by atoms with Crippen LogP contribution in [-0.4, -0.2) is 5.54 Å². The Kier molecular flexibility index (Phi) is 4.25. The van der Waals surface area contributed by atoms with E-state index in [4.69, 9.17) is 0 Å². The van der Waals surface area contributed by atoms with Crippen molar-refractivity contribution in [1.82, 2.24) is 0 Å². The fourth-order valence-corrected chi connectivity index (χ4v) is 6.77. The quantitative estimate of drug-likeness (QED) is 0.543. The molecule has 0 aromatic heterocycles. The molecule has 3 aliphatic carbocycles. The van der Waals surface area contributed by atoms with Gasteiger partial charge < -0.3 is 5.32 Å². The van der Waals surface area contributed by atoms with Gasteiger partial charge in [-0.2, -0.15) is 5.26 Å². The molecule has 0 saturated heterocycles. The second-order valence-electron chi connectivity index (χ2n) is 11.1. The van der Waals surface area contributed by atoms with Gasteiger partial charge in [0.1, 0.15) is 0 Å². The third-order valence-corrected chi connectivity index (χ3v) is 8.53. The summed E-state index contributed by atoms with van der Waals surface area (Å²) in [6.45, 7) is 6.52. The molecule has 1 N–H and O–H groups in total. The average Bonchev–Trinajstić information content (AvgIpc) is 3.54. The largest absolute Gasteiger partial charge is 0.376 e. The minimum absolute atomic E-state index is 0.0412. The number of nitrogens with one attached hydrogen (secondary N) is 1. The van der Waals surface area contributed by atoms with Crippen molar-refractivity contribution in [3.8, 4) is 6.07 Å². The topological polar surface area (TPSA) is 35.8 Å². The molecule has 1 heterocycles. The van der Waals surface area contributed by atoms with Gasteiger partial charge in [-0.15, -0.1) is 0 Å². The summed E-state index contributed by atoms with van der Waals surface area (Å²) < 4.78 is 0. The maximum absolute atomic E-state index is 9.77. The number of nitriles is 1. The van der Waals surface area contributed by atoms with Gasteiger partial charge in [0.25, 0.3) is 0 Å². The van der Waals surface area contributed by atoms with Gasteiger partial charge in [0.15, 0.2) is 0 Å². The van der Waals surface area contributed by atoms with Crippen LogP contribution in [0, 0.1) is 29.6 Å². The van der Waals surface area contributed by atoms with E-state index in [9.17, 15) is 5.26 Å². The van der Waals surface area contributed by atoms with E-state index in [2.05, 4.69) is 80.7 Å². The van der Waals surface area contributed by atoms with Crippen LogP contribution in [0.3, 0.4) is 0 Å². The molecule has 2 aromatic carbocycles. The summed E-state index contributed by atoms with van der Waals surface area (Å²) >= 11 is 0. The van der Waals surface area contributed by atoms with Crippen LogP contribution in [0.2, 0.25) is 0 Å². The molecule has 32 heavy (non-hydrogen) atoms. The van der Waals surface area contributed by atoms with Crippen molar-refractivity contribution < 1.29 is 0 Å². The van der Waals surface area contributed by atoms with E-state index in [-0.39, 0.29) is 5.54 Å². The second kappa shape index (κ2) is 6.85. The Labute approximate surface area is 192 Å². The first kappa shape index (κ1) is 19.9. The molecule has 162 valence electrons. The third kappa shape index (κ3) is 2.91. The van der Waals surface area contributed by atoms with Gasteiger partial charge in [-0.3, -0.25) is 0 Å². The van der Waals surface area contributed by atoms with Gasteiger partial charge in [0, 0.05) is 11.3 Å². The Hall–Kier alpha value is -2.79. The molecule has 2 nitrogen and oxygen atoms in total. The van der Waals surface area contributed by atoms with Crippen LogP contribution in [0.1, 0.15) is 91.7 Å². The number of anilines is 1. The van der Waals surface area contributed by atoms with E-state index in [1.165, 1.54) is 72.0 Å². The molecule has 2 saturated carbocycles. The SMILES string of the molecule is Cc1cc2c(cc1C#N)C(c1cccc3c1C=CC(C)(C)N3)=CC1(C3CCCCC3)CC21. The molecule has 1 aliphatic heterocycles. The predicted molar refractivity (Wildman–Crippen MR) is 133 cm³/mol. The van der Waals surface area contributed by atoms with Crippen LogP contribution in [0.4, 0.5) is 5.69 Å². The van der Waals surface area contributed by atoms with Gasteiger partial charge in [0.05, 0.1) is 17.2 Å². The van der Waals surface area contributed by atoms with Crippen LogP contribution in [0.15, 0.2) is 42.5 Å². The van der Waals surface area contributed by atoms with E-state index >= 15 is 0 Å². The predicted octanol–water partition coefficient (Wildman–Crippen LogP) is 7.58. The Balaban J connectivity index is 1.56. The van der Waals surface area contributed by atoms with Crippen molar-refractivity contribution in [2.75, 3.05) is 5.32 Å². The Morgan fingerprint density at radius 2 is 1.88 bits per heavy atom. The van der Waals surface area contributed by atoms with Crippen molar-refractivity contribution in [3.63, 3.8) is 0 Å². The summed E-state index contributed by atoms with van der Waals surface area (Å²) in [5.74, 6) is 1.43. The first-order valence-corrected chi connectivity index (χ1v) is 12.3. The third-order valence-electron chi connectivity index (χ3n) is 8.53. The van der Waals surface area contributed by atoms with E-state index < -0.39 is 0 Å². The first-order chi connectivity index (χ1) is 15.4. The maximum atomic E-state index is 9.77. The fraction of sp³-hybridized carbons (Fsp3) is 0.433. The molecule has 2 unspecified atom stereocenters. The molecular weight excluding hydrogens is 388 g/mol. The second-order valence-corrected chi connectivity index (χ2v) is 11.1. The Morgan fingerprint density at radius 3 is 2.66 bits per heavy atom. The molecule has 0 bridgehead atoms. The van der Waals surface area contributed by atoms with Crippen molar-refractivity contribution in [3.05, 3.63) is 75.9 Å². The number of fused-ring (bicyclic) bond motifs is 4. The summed E-state index contributed by atoms with van der Waals surface area (Å²) in [5, 5.41) is 13.5. The maximum Gasteiger partial charge on any atom is 0.0994 e. The highest BCUT2D eigenvalue weighted by Gasteiger charge is 2.60. The minimum Gasteiger partial charge on any atom is -0.376 e. The minimum atomic E-state index is -0.0412. The van der Waals surface area contributed by atoms with Crippen LogP contribution in [-0.2, 0) is 0 Å². The highest BCUT2D eigenvalue weighted by Crippen LogP contribution is 2.71. The summed E-state index contributed by atoms with van der Waals surface area (Å²) in [6.07, 6.45) is 15.4. The smallest absolute Gasteiger partial charge is 0.0994 e. The van der Waals surface area contributed by atoms with Crippen LogP contribution >= 0.6 is 0 Å². The van der Waals surface area contributed by atoms with E-state index in [0.29, 0.717) is 11.3 Å². The van der Waals surface area contributed by atoms with Crippen molar-refractivity contribution in [2.45, 2.75) is 70.8 Å². The number of allylic oxidation sites excluding steroid dienone is 1. The monoisotopic (exact) mass is 420 g/mol.